The van der Waals surface area contributed by atoms with E-state index in [0.717, 1.165) is 27.9 Å². The number of rotatable bonds is 3. The number of anilines is 1. The molecule has 4 rings (SSSR count). The number of nitrogens with one attached hydrogen (secondary N) is 1. The van der Waals surface area contributed by atoms with Crippen LogP contribution in [0, 0.1) is 6.92 Å². The minimum absolute atomic E-state index is 0.344. The molecule has 6 heteroatoms. The molecule has 0 spiro atoms. The van der Waals surface area contributed by atoms with Crippen LogP contribution in [0.4, 0.5) is 5.95 Å². The third-order valence-electron chi connectivity index (χ3n) is 6.41. The Balaban J connectivity index is 1.60. The van der Waals surface area contributed by atoms with Crippen molar-refractivity contribution in [1.29, 1.82) is 0 Å². The number of aromatic nitrogens is 2. The first-order chi connectivity index (χ1) is 12.7. The third kappa shape index (κ3) is 3.57. The second kappa shape index (κ2) is 6.75. The van der Waals surface area contributed by atoms with Gasteiger partial charge in [0.1, 0.15) is 0 Å². The van der Waals surface area contributed by atoms with E-state index in [1.807, 2.05) is 6.20 Å². The average molecular weight is 367 g/mol. The molecule has 0 radical (unpaired) electrons. The van der Waals surface area contributed by atoms with Crippen LogP contribution < -0.4 is 10.8 Å². The molecule has 1 saturated carbocycles. The van der Waals surface area contributed by atoms with Gasteiger partial charge in [-0.1, -0.05) is 25.3 Å². The van der Waals surface area contributed by atoms with Crippen LogP contribution in [0.2, 0.25) is 0 Å². The summed E-state index contributed by atoms with van der Waals surface area (Å²) in [6, 6.07) is 4.72. The molecule has 5 nitrogen and oxygen atoms in total. The molecule has 0 unspecified atom stereocenters. The summed E-state index contributed by atoms with van der Waals surface area (Å²) in [5.74, 6) is 0.734. The maximum Gasteiger partial charge on any atom is 0.495 e. The Morgan fingerprint density at radius 3 is 2.37 bits per heavy atom. The first-order valence-electron chi connectivity index (χ1n) is 10.1. The van der Waals surface area contributed by atoms with E-state index < -0.39 is 0 Å². The molecule has 1 aliphatic heterocycles. The Labute approximate surface area is 162 Å². The number of hydrogen-bond acceptors (Lipinski definition) is 5. The highest BCUT2D eigenvalue weighted by molar-refractivity contribution is 6.63. The van der Waals surface area contributed by atoms with E-state index in [4.69, 9.17) is 14.3 Å². The van der Waals surface area contributed by atoms with Crippen LogP contribution in [0.15, 0.2) is 18.3 Å². The lowest BCUT2D eigenvalue weighted by Gasteiger charge is -2.32. The minimum Gasteiger partial charge on any atom is -0.399 e. The summed E-state index contributed by atoms with van der Waals surface area (Å²) in [4.78, 5) is 9.30. The Kier molecular flexibility index (Phi) is 4.67. The van der Waals surface area contributed by atoms with Crippen LogP contribution in [-0.2, 0) is 9.31 Å². The van der Waals surface area contributed by atoms with Gasteiger partial charge in [-0.05, 0) is 64.6 Å². The van der Waals surface area contributed by atoms with Gasteiger partial charge in [-0.2, -0.15) is 0 Å². The van der Waals surface area contributed by atoms with Gasteiger partial charge < -0.3 is 14.6 Å². The summed E-state index contributed by atoms with van der Waals surface area (Å²) >= 11 is 0. The molecule has 2 aromatic rings. The van der Waals surface area contributed by atoms with Crippen LogP contribution in [0.1, 0.15) is 65.4 Å². The van der Waals surface area contributed by atoms with E-state index in [-0.39, 0.29) is 18.3 Å². The Morgan fingerprint density at radius 1 is 1.04 bits per heavy atom. The highest BCUT2D eigenvalue weighted by atomic mass is 16.7. The van der Waals surface area contributed by atoms with Crippen molar-refractivity contribution in [3.05, 3.63) is 23.9 Å². The zero-order chi connectivity index (χ0) is 19.2. The number of hydrogen-bond donors (Lipinski definition) is 1. The fourth-order valence-corrected chi connectivity index (χ4v) is 3.92. The average Bonchev–Trinajstić information content (AvgIpc) is 2.82. The number of benzene rings is 1. The standard InChI is InChI=1S/C21H30BN3O2/c1-14-11-18-15(12-17(14)22-26-20(2,3)21(4,5)27-22)13-23-19(25-18)24-16-9-7-6-8-10-16/h11-13,16H,6-10H2,1-5H3,(H,23,24,25). The summed E-state index contributed by atoms with van der Waals surface area (Å²) in [7, 11) is -0.362. The van der Waals surface area contributed by atoms with Gasteiger partial charge in [-0.25, -0.2) is 9.97 Å². The van der Waals surface area contributed by atoms with Crippen molar-refractivity contribution >= 4 is 29.4 Å². The van der Waals surface area contributed by atoms with E-state index >= 15 is 0 Å². The molecule has 144 valence electrons. The Bertz CT molecular complexity index is 831. The molecule has 0 atom stereocenters. The monoisotopic (exact) mass is 367 g/mol. The molecule has 2 aliphatic rings. The van der Waals surface area contributed by atoms with Crippen molar-refractivity contribution in [2.75, 3.05) is 5.32 Å². The number of nitrogens with zero attached hydrogens (tertiary/aromatic N) is 2. The zero-order valence-electron chi connectivity index (χ0n) is 17.1. The largest absolute Gasteiger partial charge is 0.495 e. The van der Waals surface area contributed by atoms with Crippen LogP contribution >= 0.6 is 0 Å². The van der Waals surface area contributed by atoms with Crippen LogP contribution in [0.25, 0.3) is 10.9 Å². The molecule has 27 heavy (non-hydrogen) atoms. The molecule has 2 fully saturated rings. The van der Waals surface area contributed by atoms with Crippen molar-refractivity contribution in [2.24, 2.45) is 0 Å². The summed E-state index contributed by atoms with van der Waals surface area (Å²) in [6.45, 7) is 10.4. The lowest BCUT2D eigenvalue weighted by molar-refractivity contribution is 0.00578. The Morgan fingerprint density at radius 2 is 1.70 bits per heavy atom. The molecule has 0 amide bonds. The van der Waals surface area contributed by atoms with Crippen LogP contribution in [0.5, 0.6) is 0 Å². The van der Waals surface area contributed by atoms with E-state index in [0.29, 0.717) is 6.04 Å². The Hall–Kier alpha value is -1.66. The molecular weight excluding hydrogens is 337 g/mol. The van der Waals surface area contributed by atoms with Gasteiger partial charge in [-0.15, -0.1) is 0 Å². The zero-order valence-corrected chi connectivity index (χ0v) is 17.1. The van der Waals surface area contributed by atoms with Crippen molar-refractivity contribution in [1.82, 2.24) is 9.97 Å². The molecule has 1 saturated heterocycles. The number of aryl methyl sites for hydroxylation is 1. The SMILES string of the molecule is Cc1cc2nc(NC3CCCCC3)ncc2cc1B1OC(C)(C)C(C)(C)O1. The van der Waals surface area contributed by atoms with Gasteiger partial charge in [-0.3, -0.25) is 0 Å². The topological polar surface area (TPSA) is 56.3 Å². The fourth-order valence-electron chi connectivity index (χ4n) is 3.92. The molecule has 0 bridgehead atoms. The molecule has 1 N–H and O–H groups in total. The first-order valence-corrected chi connectivity index (χ1v) is 10.1. The normalized spacial score (nSPS) is 22.3. The van der Waals surface area contributed by atoms with Gasteiger partial charge in [0, 0.05) is 17.6 Å². The third-order valence-corrected chi connectivity index (χ3v) is 6.41. The van der Waals surface area contributed by atoms with E-state index in [1.165, 1.54) is 32.1 Å². The quantitative estimate of drug-likeness (QED) is 0.832. The van der Waals surface area contributed by atoms with E-state index in [2.05, 4.69) is 57.1 Å². The van der Waals surface area contributed by atoms with E-state index in [9.17, 15) is 0 Å². The van der Waals surface area contributed by atoms with Crippen LogP contribution in [-0.4, -0.2) is 34.3 Å². The van der Waals surface area contributed by atoms with Crippen molar-refractivity contribution in [3.63, 3.8) is 0 Å². The first kappa shape index (κ1) is 18.7. The van der Waals surface area contributed by atoms with Gasteiger partial charge in [0.15, 0.2) is 0 Å². The molecular formula is C21H30BN3O2. The fraction of sp³-hybridized carbons (Fsp3) is 0.619. The smallest absolute Gasteiger partial charge is 0.399 e. The van der Waals surface area contributed by atoms with Gasteiger partial charge in [0.2, 0.25) is 5.95 Å². The maximum atomic E-state index is 6.23. The molecule has 2 heterocycles. The van der Waals surface area contributed by atoms with Gasteiger partial charge in [0.25, 0.3) is 0 Å². The van der Waals surface area contributed by atoms with Crippen LogP contribution in [0.3, 0.4) is 0 Å². The molecule has 1 aromatic heterocycles. The predicted octanol–water partition coefficient (Wildman–Crippen LogP) is 3.98. The second-order valence-corrected chi connectivity index (χ2v) is 9.03. The molecule has 1 aromatic carbocycles. The summed E-state index contributed by atoms with van der Waals surface area (Å²) < 4.78 is 12.5. The number of fused-ring (bicyclic) bond motifs is 1. The van der Waals surface area contributed by atoms with Crippen molar-refractivity contribution < 1.29 is 9.31 Å². The lowest BCUT2D eigenvalue weighted by Crippen LogP contribution is -2.41. The van der Waals surface area contributed by atoms with E-state index in [1.54, 1.807) is 0 Å². The second-order valence-electron chi connectivity index (χ2n) is 9.03. The molecule has 1 aliphatic carbocycles. The van der Waals surface area contributed by atoms with Gasteiger partial charge in [0.05, 0.1) is 16.7 Å². The summed E-state index contributed by atoms with van der Waals surface area (Å²) in [6.07, 6.45) is 8.26. The predicted molar refractivity (Wildman–Crippen MR) is 110 cm³/mol. The van der Waals surface area contributed by atoms with Gasteiger partial charge >= 0.3 is 7.12 Å². The highest BCUT2D eigenvalue weighted by Gasteiger charge is 2.52. The summed E-state index contributed by atoms with van der Waals surface area (Å²) in [5.41, 5.74) is 2.45. The lowest BCUT2D eigenvalue weighted by atomic mass is 9.75. The van der Waals surface area contributed by atoms with Crippen molar-refractivity contribution in [2.45, 2.75) is 84.0 Å². The highest BCUT2D eigenvalue weighted by Crippen LogP contribution is 2.37. The summed E-state index contributed by atoms with van der Waals surface area (Å²) in [5, 5.41) is 4.53. The maximum absolute atomic E-state index is 6.23. The minimum atomic E-state index is -0.362. The van der Waals surface area contributed by atoms with Crippen molar-refractivity contribution in [3.8, 4) is 0 Å².